The lowest BCUT2D eigenvalue weighted by Gasteiger charge is -2.20. The Hall–Kier alpha value is -3.53. The molecule has 186 valence electrons. The molecule has 0 saturated carbocycles. The Morgan fingerprint density at radius 3 is 2.74 bits per heavy atom. The van der Waals surface area contributed by atoms with E-state index in [2.05, 4.69) is 22.2 Å². The number of rotatable bonds is 12. The molecule has 1 N–H and O–H groups in total. The van der Waals surface area contributed by atoms with Crippen LogP contribution in [0.15, 0.2) is 43.0 Å². The molecule has 0 bridgehead atoms. The van der Waals surface area contributed by atoms with Gasteiger partial charge in [0.2, 0.25) is 5.91 Å². The van der Waals surface area contributed by atoms with Crippen LogP contribution in [0.5, 0.6) is 0 Å². The summed E-state index contributed by atoms with van der Waals surface area (Å²) in [5.74, 6) is -0.826. The Bertz CT molecular complexity index is 1140. The lowest BCUT2D eigenvalue weighted by Crippen LogP contribution is -2.32. The number of hydrogen-bond acceptors (Lipinski definition) is 7. The molecule has 0 aliphatic heterocycles. The zero-order chi connectivity index (χ0) is 25.2. The summed E-state index contributed by atoms with van der Waals surface area (Å²) in [6.07, 6.45) is 8.19. The fourth-order valence-electron chi connectivity index (χ4n) is 3.45. The molecule has 2 heterocycles. The summed E-state index contributed by atoms with van der Waals surface area (Å²) in [4.78, 5) is 48.7. The monoisotopic (exact) mass is 497 g/mol. The van der Waals surface area contributed by atoms with Crippen LogP contribution < -0.4 is 10.2 Å². The number of aryl methyl sites for hydroxylation is 2. The van der Waals surface area contributed by atoms with Crippen molar-refractivity contribution >= 4 is 39.9 Å². The Balaban J connectivity index is 1.76. The summed E-state index contributed by atoms with van der Waals surface area (Å²) < 4.78 is 6.95. The van der Waals surface area contributed by atoms with Crippen molar-refractivity contribution in [2.24, 2.45) is 0 Å². The molecule has 0 radical (unpaired) electrons. The van der Waals surface area contributed by atoms with E-state index in [0.29, 0.717) is 40.0 Å². The standard InChI is InChI=1S/C25H31N5O4S/c1-4-6-7-13-30(25-27-18(3)22(35-25)24(33)34-5-2)23(32)19-9-8-10-20(16-19)28-21(31)11-14-29-15-12-26-17-29/h8-10,12,15-17H,4-7,11,13-14H2,1-3H3,(H,28,31). The van der Waals surface area contributed by atoms with Crippen LogP contribution >= 0.6 is 11.3 Å². The van der Waals surface area contributed by atoms with E-state index in [-0.39, 0.29) is 24.8 Å². The van der Waals surface area contributed by atoms with Crippen molar-refractivity contribution in [3.63, 3.8) is 0 Å². The molecule has 35 heavy (non-hydrogen) atoms. The summed E-state index contributed by atoms with van der Waals surface area (Å²) in [5.41, 5.74) is 1.51. The van der Waals surface area contributed by atoms with Gasteiger partial charge in [-0.15, -0.1) is 0 Å². The predicted octanol–water partition coefficient (Wildman–Crippen LogP) is 4.69. The third-order valence-corrected chi connectivity index (χ3v) is 6.42. The molecule has 1 aromatic carbocycles. The largest absolute Gasteiger partial charge is 0.462 e. The molecular weight excluding hydrogens is 466 g/mol. The second kappa shape index (κ2) is 12.8. The van der Waals surface area contributed by atoms with Gasteiger partial charge in [-0.2, -0.15) is 0 Å². The second-order valence-electron chi connectivity index (χ2n) is 7.97. The molecule has 0 unspecified atom stereocenters. The molecule has 0 aliphatic rings. The maximum atomic E-state index is 13.5. The highest BCUT2D eigenvalue weighted by Gasteiger charge is 2.25. The van der Waals surface area contributed by atoms with Gasteiger partial charge in [0.15, 0.2) is 5.13 Å². The average Bonchev–Trinajstić information content (AvgIpc) is 3.50. The molecule has 0 atom stereocenters. The Kier molecular flexibility index (Phi) is 9.54. The number of nitrogens with one attached hydrogen (secondary N) is 1. The number of nitrogens with zero attached hydrogens (tertiary/aromatic N) is 4. The summed E-state index contributed by atoms with van der Waals surface area (Å²) in [5, 5.41) is 3.31. The molecule has 0 saturated heterocycles. The number of carbonyl (C=O) groups excluding carboxylic acids is 3. The number of imidazole rings is 1. The van der Waals surface area contributed by atoms with Crippen molar-refractivity contribution in [3.8, 4) is 0 Å². The van der Waals surface area contributed by atoms with Gasteiger partial charge in [-0.3, -0.25) is 14.5 Å². The minimum absolute atomic E-state index is 0.155. The lowest BCUT2D eigenvalue weighted by molar-refractivity contribution is -0.116. The highest BCUT2D eigenvalue weighted by Crippen LogP contribution is 2.29. The van der Waals surface area contributed by atoms with E-state index in [0.717, 1.165) is 30.6 Å². The first kappa shape index (κ1) is 26.1. The van der Waals surface area contributed by atoms with Gasteiger partial charge in [-0.25, -0.2) is 14.8 Å². The summed E-state index contributed by atoms with van der Waals surface area (Å²) >= 11 is 1.16. The van der Waals surface area contributed by atoms with Crippen LogP contribution in [0.1, 0.15) is 65.3 Å². The molecule has 2 amide bonds. The van der Waals surface area contributed by atoms with Gasteiger partial charge in [-0.05, 0) is 38.5 Å². The summed E-state index contributed by atoms with van der Waals surface area (Å²) in [6, 6.07) is 6.86. The number of amides is 2. The van der Waals surface area contributed by atoms with Gasteiger partial charge < -0.3 is 14.6 Å². The molecule has 9 nitrogen and oxygen atoms in total. The summed E-state index contributed by atoms with van der Waals surface area (Å²) in [7, 11) is 0. The topological polar surface area (TPSA) is 106 Å². The van der Waals surface area contributed by atoms with Crippen LogP contribution in [0.4, 0.5) is 10.8 Å². The normalized spacial score (nSPS) is 10.7. The highest BCUT2D eigenvalue weighted by molar-refractivity contribution is 7.17. The minimum atomic E-state index is -0.435. The molecule has 3 rings (SSSR count). The van der Waals surface area contributed by atoms with Gasteiger partial charge in [-0.1, -0.05) is 37.2 Å². The van der Waals surface area contributed by atoms with E-state index in [1.165, 1.54) is 0 Å². The molecule has 10 heteroatoms. The van der Waals surface area contributed by atoms with E-state index in [4.69, 9.17) is 4.74 Å². The Labute approximate surface area is 209 Å². The second-order valence-corrected chi connectivity index (χ2v) is 8.95. The fourth-order valence-corrected chi connectivity index (χ4v) is 4.43. The number of unbranched alkanes of at least 4 members (excludes halogenated alkanes) is 2. The molecule has 3 aromatic rings. The lowest BCUT2D eigenvalue weighted by atomic mass is 10.1. The number of carbonyl (C=O) groups is 3. The van der Waals surface area contributed by atoms with E-state index in [1.54, 1.807) is 61.7 Å². The minimum Gasteiger partial charge on any atom is -0.462 e. The van der Waals surface area contributed by atoms with Crippen LogP contribution in [0.3, 0.4) is 0 Å². The number of ether oxygens (including phenoxy) is 1. The number of esters is 1. The fraction of sp³-hybridized carbons (Fsp3) is 0.400. The third-order valence-electron chi connectivity index (χ3n) is 5.26. The average molecular weight is 498 g/mol. The van der Waals surface area contributed by atoms with E-state index < -0.39 is 5.97 Å². The van der Waals surface area contributed by atoms with Gasteiger partial charge in [0.25, 0.3) is 5.91 Å². The predicted molar refractivity (Wildman–Crippen MR) is 136 cm³/mol. The molecular formula is C25H31N5O4S. The first-order valence-electron chi connectivity index (χ1n) is 11.7. The molecule has 2 aromatic heterocycles. The van der Waals surface area contributed by atoms with Crippen LogP contribution in [0, 0.1) is 6.92 Å². The molecule has 0 fully saturated rings. The Morgan fingerprint density at radius 1 is 1.20 bits per heavy atom. The Morgan fingerprint density at radius 2 is 2.03 bits per heavy atom. The van der Waals surface area contributed by atoms with Gasteiger partial charge >= 0.3 is 5.97 Å². The molecule has 0 spiro atoms. The van der Waals surface area contributed by atoms with Crippen molar-refractivity contribution in [2.45, 2.75) is 53.0 Å². The highest BCUT2D eigenvalue weighted by atomic mass is 32.1. The maximum Gasteiger partial charge on any atom is 0.350 e. The van der Waals surface area contributed by atoms with Crippen molar-refractivity contribution in [1.82, 2.24) is 14.5 Å². The van der Waals surface area contributed by atoms with E-state index in [1.807, 2.05) is 4.57 Å². The third kappa shape index (κ3) is 7.22. The smallest absolute Gasteiger partial charge is 0.350 e. The van der Waals surface area contributed by atoms with Gasteiger partial charge in [0.05, 0.1) is 18.6 Å². The first-order chi connectivity index (χ1) is 16.9. The maximum absolute atomic E-state index is 13.5. The quantitative estimate of drug-likeness (QED) is 0.287. The zero-order valence-electron chi connectivity index (χ0n) is 20.3. The number of thiazole rings is 1. The number of aromatic nitrogens is 3. The van der Waals surface area contributed by atoms with Crippen LogP contribution in [0.25, 0.3) is 0 Å². The SMILES string of the molecule is CCCCCN(C(=O)c1cccc(NC(=O)CCn2ccnc2)c1)c1nc(C)c(C(=O)OCC)s1. The van der Waals surface area contributed by atoms with Crippen LogP contribution in [-0.4, -0.2) is 45.5 Å². The van der Waals surface area contributed by atoms with Crippen molar-refractivity contribution in [3.05, 3.63) is 59.1 Å². The van der Waals surface area contributed by atoms with Crippen LogP contribution in [-0.2, 0) is 16.1 Å². The van der Waals surface area contributed by atoms with Crippen molar-refractivity contribution in [2.75, 3.05) is 23.4 Å². The number of benzene rings is 1. The van der Waals surface area contributed by atoms with E-state index in [9.17, 15) is 14.4 Å². The molecule has 0 aliphatic carbocycles. The zero-order valence-corrected chi connectivity index (χ0v) is 21.1. The van der Waals surface area contributed by atoms with Crippen molar-refractivity contribution in [1.29, 1.82) is 0 Å². The van der Waals surface area contributed by atoms with E-state index >= 15 is 0 Å². The van der Waals surface area contributed by atoms with Gasteiger partial charge in [0.1, 0.15) is 4.88 Å². The van der Waals surface area contributed by atoms with Crippen LogP contribution in [0.2, 0.25) is 0 Å². The van der Waals surface area contributed by atoms with Crippen molar-refractivity contribution < 1.29 is 19.1 Å². The summed E-state index contributed by atoms with van der Waals surface area (Å²) in [6.45, 7) is 6.84. The first-order valence-corrected chi connectivity index (χ1v) is 12.6. The number of anilines is 2. The number of hydrogen-bond donors (Lipinski definition) is 1. The van der Waals surface area contributed by atoms with Gasteiger partial charge in [0, 0.05) is 43.2 Å².